The van der Waals surface area contributed by atoms with Crippen LogP contribution in [0, 0.1) is 0 Å². The predicted octanol–water partition coefficient (Wildman–Crippen LogP) is 1.59. The molecule has 3 N–H and O–H groups in total. The number of H-pyrrole nitrogens is 1. The number of ether oxygens (including phenoxy) is 1. The van der Waals surface area contributed by atoms with Crippen molar-refractivity contribution in [1.29, 1.82) is 0 Å². The number of anilines is 1. The maximum atomic E-state index is 11.7. The lowest BCUT2D eigenvalue weighted by atomic mass is 10.2. The molecule has 1 aromatic carbocycles. The minimum absolute atomic E-state index is 0.0812. The number of benzene rings is 1. The Balaban J connectivity index is 1.94. The van der Waals surface area contributed by atoms with Gasteiger partial charge in [-0.25, -0.2) is 9.59 Å². The SMILES string of the molecule is CON=C(C(=O)O)c1cc(NC(=O)OCc2ccccc2)n[nH]1. The van der Waals surface area contributed by atoms with Gasteiger partial charge in [0.1, 0.15) is 13.7 Å². The molecule has 0 atom stereocenters. The van der Waals surface area contributed by atoms with Crippen molar-refractivity contribution in [2.75, 3.05) is 12.4 Å². The van der Waals surface area contributed by atoms with Gasteiger partial charge in [0.25, 0.3) is 0 Å². The van der Waals surface area contributed by atoms with Crippen molar-refractivity contribution in [3.8, 4) is 0 Å². The van der Waals surface area contributed by atoms with Crippen LogP contribution in [0.3, 0.4) is 0 Å². The molecule has 1 aromatic heterocycles. The number of carbonyl (C=O) groups is 2. The first-order valence-electron chi connectivity index (χ1n) is 6.48. The molecule has 1 amide bonds. The summed E-state index contributed by atoms with van der Waals surface area (Å²) in [5, 5.41) is 20.9. The Morgan fingerprint density at radius 1 is 1.35 bits per heavy atom. The van der Waals surface area contributed by atoms with Gasteiger partial charge in [0, 0.05) is 6.07 Å². The zero-order valence-corrected chi connectivity index (χ0v) is 12.1. The minimum Gasteiger partial charge on any atom is -0.476 e. The number of hydrogen-bond donors (Lipinski definition) is 3. The zero-order valence-electron chi connectivity index (χ0n) is 12.1. The molecular weight excluding hydrogens is 304 g/mol. The first-order chi connectivity index (χ1) is 11.1. The van der Waals surface area contributed by atoms with Gasteiger partial charge < -0.3 is 14.7 Å². The fourth-order valence-electron chi connectivity index (χ4n) is 1.67. The van der Waals surface area contributed by atoms with E-state index < -0.39 is 12.1 Å². The number of nitrogens with zero attached hydrogens (tertiary/aromatic N) is 2. The van der Waals surface area contributed by atoms with Crippen LogP contribution in [0.4, 0.5) is 10.6 Å². The summed E-state index contributed by atoms with van der Waals surface area (Å²) in [7, 11) is 1.22. The molecule has 23 heavy (non-hydrogen) atoms. The van der Waals surface area contributed by atoms with Crippen molar-refractivity contribution in [3.63, 3.8) is 0 Å². The average Bonchev–Trinajstić information content (AvgIpc) is 2.99. The van der Waals surface area contributed by atoms with Gasteiger partial charge in [-0.05, 0) is 5.56 Å². The van der Waals surface area contributed by atoms with Gasteiger partial charge in [-0.15, -0.1) is 0 Å². The second kappa shape index (κ2) is 7.59. The molecule has 9 heteroatoms. The molecule has 0 spiro atoms. The molecule has 0 aliphatic rings. The standard InChI is InChI=1S/C14H14N4O5/c1-22-18-12(13(19)20)10-7-11(17-16-10)15-14(21)23-8-9-5-3-2-4-6-9/h2-7H,8H2,1H3,(H,19,20)(H2,15,16,17,21). The van der Waals surface area contributed by atoms with Crippen LogP contribution in [0.15, 0.2) is 41.6 Å². The van der Waals surface area contributed by atoms with Gasteiger partial charge in [-0.3, -0.25) is 10.4 Å². The second-order valence-corrected chi connectivity index (χ2v) is 4.28. The largest absolute Gasteiger partial charge is 0.476 e. The van der Waals surface area contributed by atoms with E-state index in [9.17, 15) is 9.59 Å². The molecule has 0 aliphatic carbocycles. The van der Waals surface area contributed by atoms with Crippen molar-refractivity contribution in [2.24, 2.45) is 5.16 Å². The van der Waals surface area contributed by atoms with E-state index >= 15 is 0 Å². The Morgan fingerprint density at radius 2 is 2.09 bits per heavy atom. The van der Waals surface area contributed by atoms with E-state index in [2.05, 4.69) is 25.5 Å². The van der Waals surface area contributed by atoms with Crippen LogP contribution in [0.25, 0.3) is 0 Å². The average molecular weight is 318 g/mol. The number of oxime groups is 1. The van der Waals surface area contributed by atoms with E-state index in [1.807, 2.05) is 30.3 Å². The van der Waals surface area contributed by atoms with Gasteiger partial charge in [0.2, 0.25) is 5.71 Å². The van der Waals surface area contributed by atoms with E-state index in [0.717, 1.165) is 5.56 Å². The highest BCUT2D eigenvalue weighted by atomic mass is 16.6. The number of carbonyl (C=O) groups excluding carboxylic acids is 1. The maximum absolute atomic E-state index is 11.7. The molecule has 2 aromatic rings. The highest BCUT2D eigenvalue weighted by Gasteiger charge is 2.17. The molecular formula is C14H14N4O5. The molecule has 0 bridgehead atoms. The van der Waals surface area contributed by atoms with Crippen LogP contribution in [0.5, 0.6) is 0 Å². The smallest absolute Gasteiger partial charge is 0.413 e. The molecule has 1 heterocycles. The molecule has 0 saturated carbocycles. The number of hydrogen-bond acceptors (Lipinski definition) is 6. The number of nitrogens with one attached hydrogen (secondary N) is 2. The lowest BCUT2D eigenvalue weighted by Crippen LogP contribution is -2.15. The lowest BCUT2D eigenvalue weighted by molar-refractivity contribution is -0.129. The Bertz CT molecular complexity index is 711. The monoisotopic (exact) mass is 318 g/mol. The predicted molar refractivity (Wildman–Crippen MR) is 80.0 cm³/mol. The minimum atomic E-state index is -1.30. The van der Waals surface area contributed by atoms with Crippen LogP contribution in [-0.4, -0.2) is 40.2 Å². The molecule has 0 aliphatic heterocycles. The van der Waals surface area contributed by atoms with Crippen molar-refractivity contribution in [2.45, 2.75) is 6.61 Å². The van der Waals surface area contributed by atoms with Crippen LogP contribution < -0.4 is 5.32 Å². The highest BCUT2D eigenvalue weighted by Crippen LogP contribution is 2.08. The topological polar surface area (TPSA) is 126 Å². The quantitative estimate of drug-likeness (QED) is 0.548. The van der Waals surface area contributed by atoms with Gasteiger partial charge in [0.15, 0.2) is 5.82 Å². The van der Waals surface area contributed by atoms with Gasteiger partial charge in [0.05, 0.1) is 5.69 Å². The van der Waals surface area contributed by atoms with Gasteiger partial charge >= 0.3 is 12.1 Å². The summed E-state index contributed by atoms with van der Waals surface area (Å²) in [6.45, 7) is 0.107. The van der Waals surface area contributed by atoms with Crippen LogP contribution in [0.2, 0.25) is 0 Å². The number of aromatic nitrogens is 2. The summed E-state index contributed by atoms with van der Waals surface area (Å²) in [6, 6.07) is 10.5. The number of aliphatic carboxylic acids is 1. The van der Waals surface area contributed by atoms with Crippen molar-refractivity contribution in [1.82, 2.24) is 10.2 Å². The third-order valence-electron chi connectivity index (χ3n) is 2.66. The summed E-state index contributed by atoms with van der Waals surface area (Å²) in [5.41, 5.74) is 0.550. The van der Waals surface area contributed by atoms with Gasteiger partial charge in [-0.2, -0.15) is 5.10 Å². The van der Waals surface area contributed by atoms with Crippen LogP contribution >= 0.6 is 0 Å². The van der Waals surface area contributed by atoms with Crippen LogP contribution in [0.1, 0.15) is 11.3 Å². The lowest BCUT2D eigenvalue weighted by Gasteiger charge is -2.04. The zero-order chi connectivity index (χ0) is 16.7. The van der Waals surface area contributed by atoms with Gasteiger partial charge in [-0.1, -0.05) is 35.5 Å². The molecule has 120 valence electrons. The first-order valence-corrected chi connectivity index (χ1v) is 6.48. The summed E-state index contributed by atoms with van der Waals surface area (Å²) >= 11 is 0. The fraction of sp³-hybridized carbons (Fsp3) is 0.143. The third-order valence-corrected chi connectivity index (χ3v) is 2.66. The number of rotatable bonds is 6. The van der Waals surface area contributed by atoms with Crippen molar-refractivity contribution in [3.05, 3.63) is 47.7 Å². The maximum Gasteiger partial charge on any atom is 0.413 e. The van der Waals surface area contributed by atoms with Crippen molar-refractivity contribution < 1.29 is 24.3 Å². The third kappa shape index (κ3) is 4.56. The molecule has 2 rings (SSSR count). The molecule has 0 saturated heterocycles. The van der Waals surface area contributed by atoms with E-state index in [1.54, 1.807) is 0 Å². The molecule has 0 radical (unpaired) electrons. The normalized spacial score (nSPS) is 10.9. The molecule has 9 nitrogen and oxygen atoms in total. The Hall–Kier alpha value is -3.36. The molecule has 0 fully saturated rings. The first kappa shape index (κ1) is 16.0. The Morgan fingerprint density at radius 3 is 2.74 bits per heavy atom. The number of carboxylic acids is 1. The number of amides is 1. The van der Waals surface area contributed by atoms with Crippen LogP contribution in [-0.2, 0) is 21.0 Å². The number of aromatic amines is 1. The van der Waals surface area contributed by atoms with E-state index in [-0.39, 0.29) is 23.8 Å². The summed E-state index contributed by atoms with van der Waals surface area (Å²) in [6.07, 6.45) is -0.715. The van der Waals surface area contributed by atoms with E-state index in [0.29, 0.717) is 0 Å². The number of carboxylic acid groups (broad SMARTS) is 1. The highest BCUT2D eigenvalue weighted by molar-refractivity contribution is 6.41. The fourth-order valence-corrected chi connectivity index (χ4v) is 1.67. The summed E-state index contributed by atoms with van der Waals surface area (Å²) in [5.74, 6) is -1.20. The summed E-state index contributed by atoms with van der Waals surface area (Å²) in [4.78, 5) is 27.1. The Kier molecular flexibility index (Phi) is 5.29. The van der Waals surface area contributed by atoms with E-state index in [4.69, 9.17) is 9.84 Å². The molecule has 0 unspecified atom stereocenters. The van der Waals surface area contributed by atoms with Crippen molar-refractivity contribution >= 4 is 23.6 Å². The Labute approximate surface area is 130 Å². The van der Waals surface area contributed by atoms with E-state index in [1.165, 1.54) is 13.2 Å². The summed E-state index contributed by atoms with van der Waals surface area (Å²) < 4.78 is 5.02. The second-order valence-electron chi connectivity index (χ2n) is 4.28.